The van der Waals surface area contributed by atoms with Crippen molar-refractivity contribution in [3.8, 4) is 0 Å². The first-order valence-corrected chi connectivity index (χ1v) is 6.33. The molecule has 0 nitrogen and oxygen atoms in total. The lowest BCUT2D eigenvalue weighted by Gasteiger charge is -2.12. The Balaban J connectivity index is 3.16. The molecular weight excluding hydrogens is 308 g/mol. The Bertz CT molecular complexity index is 376. The van der Waals surface area contributed by atoms with Crippen LogP contribution in [0, 0.1) is 5.82 Å². The zero-order valence-corrected chi connectivity index (χ0v) is 10.8. The number of hydrogen-bond donors (Lipinski definition) is 0. The Hall–Kier alpha value is -0.230. The quantitative estimate of drug-likeness (QED) is 0.551. The average molecular weight is 317 g/mol. The van der Waals surface area contributed by atoms with Crippen molar-refractivity contribution in [3.05, 3.63) is 28.0 Å². The van der Waals surface area contributed by atoms with Crippen molar-refractivity contribution in [2.45, 2.75) is 24.4 Å². The number of alkyl halides is 3. The maximum atomic E-state index is 13.6. The number of halogens is 5. The molecule has 0 amide bonds. The second-order valence-electron chi connectivity index (χ2n) is 3.08. The monoisotopic (exact) mass is 316 g/mol. The molecule has 0 fully saturated rings. The summed E-state index contributed by atoms with van der Waals surface area (Å²) in [6, 6.07) is 1.97. The van der Waals surface area contributed by atoms with Gasteiger partial charge in [0.25, 0.3) is 0 Å². The fourth-order valence-electron chi connectivity index (χ4n) is 1.09. The largest absolute Gasteiger partial charge is 0.419 e. The molecule has 1 aromatic rings. The first-order valence-electron chi connectivity index (χ1n) is 4.56. The van der Waals surface area contributed by atoms with Crippen LogP contribution >= 0.6 is 27.7 Å². The summed E-state index contributed by atoms with van der Waals surface area (Å²) in [6.07, 6.45) is -3.88. The summed E-state index contributed by atoms with van der Waals surface area (Å²) >= 11 is 4.13. The Morgan fingerprint density at radius 3 is 2.44 bits per heavy atom. The lowest BCUT2D eigenvalue weighted by atomic mass is 10.2. The smallest absolute Gasteiger partial charge is 0.205 e. The van der Waals surface area contributed by atoms with E-state index in [1.54, 1.807) is 0 Å². The van der Waals surface area contributed by atoms with E-state index in [-0.39, 0.29) is 4.90 Å². The summed E-state index contributed by atoms with van der Waals surface area (Å²) in [7, 11) is 0. The Labute approximate surface area is 104 Å². The molecule has 90 valence electrons. The highest BCUT2D eigenvalue weighted by molar-refractivity contribution is 9.10. The zero-order valence-electron chi connectivity index (χ0n) is 8.37. The van der Waals surface area contributed by atoms with Gasteiger partial charge in [-0.3, -0.25) is 0 Å². The fraction of sp³-hybridized carbons (Fsp3) is 0.400. The molecule has 0 aromatic heterocycles. The standard InChI is InChI=1S/C10H9BrF4S/c1-2-5-16-9-7(11)4-3-6(8(9)12)10(13,14)15/h3-4H,2,5H2,1H3. The summed E-state index contributed by atoms with van der Waals surface area (Å²) in [4.78, 5) is 0.0247. The van der Waals surface area contributed by atoms with Crippen LogP contribution in [0.4, 0.5) is 17.6 Å². The molecule has 0 aliphatic rings. The SMILES string of the molecule is CCCSc1c(Br)ccc(C(F)(F)F)c1F. The zero-order chi connectivity index (χ0) is 12.3. The van der Waals surface area contributed by atoms with E-state index in [1.807, 2.05) is 6.92 Å². The van der Waals surface area contributed by atoms with Crippen molar-refractivity contribution in [2.24, 2.45) is 0 Å². The van der Waals surface area contributed by atoms with Crippen molar-refractivity contribution in [1.29, 1.82) is 0 Å². The molecule has 0 bridgehead atoms. The van der Waals surface area contributed by atoms with Gasteiger partial charge >= 0.3 is 6.18 Å². The van der Waals surface area contributed by atoms with Crippen LogP contribution in [0.5, 0.6) is 0 Å². The van der Waals surface area contributed by atoms with Crippen molar-refractivity contribution in [1.82, 2.24) is 0 Å². The van der Waals surface area contributed by atoms with E-state index < -0.39 is 17.6 Å². The van der Waals surface area contributed by atoms with Gasteiger partial charge in [0.2, 0.25) is 0 Å². The van der Waals surface area contributed by atoms with Gasteiger partial charge in [0.1, 0.15) is 5.82 Å². The van der Waals surface area contributed by atoms with Crippen LogP contribution in [0.15, 0.2) is 21.5 Å². The van der Waals surface area contributed by atoms with Crippen LogP contribution in [0.2, 0.25) is 0 Å². The van der Waals surface area contributed by atoms with E-state index in [0.717, 1.165) is 24.2 Å². The molecule has 0 heterocycles. The predicted octanol–water partition coefficient (Wildman–Crippen LogP) is 5.11. The van der Waals surface area contributed by atoms with E-state index in [2.05, 4.69) is 15.9 Å². The van der Waals surface area contributed by atoms with E-state index in [0.29, 0.717) is 10.2 Å². The van der Waals surface area contributed by atoms with Crippen molar-refractivity contribution < 1.29 is 17.6 Å². The fourth-order valence-corrected chi connectivity index (χ4v) is 2.59. The van der Waals surface area contributed by atoms with E-state index >= 15 is 0 Å². The highest BCUT2D eigenvalue weighted by atomic mass is 79.9. The third kappa shape index (κ3) is 3.13. The molecule has 1 rings (SSSR count). The molecular formula is C10H9BrF4S. The highest BCUT2D eigenvalue weighted by Crippen LogP contribution is 2.38. The van der Waals surface area contributed by atoms with Gasteiger partial charge in [-0.2, -0.15) is 13.2 Å². The van der Waals surface area contributed by atoms with Gasteiger partial charge in [-0.25, -0.2) is 4.39 Å². The lowest BCUT2D eigenvalue weighted by Crippen LogP contribution is -2.09. The molecule has 0 aliphatic carbocycles. The molecule has 0 spiro atoms. The van der Waals surface area contributed by atoms with Gasteiger partial charge in [-0.05, 0) is 40.2 Å². The minimum absolute atomic E-state index is 0.0247. The molecule has 16 heavy (non-hydrogen) atoms. The Morgan fingerprint density at radius 2 is 1.94 bits per heavy atom. The van der Waals surface area contributed by atoms with E-state index in [1.165, 1.54) is 6.07 Å². The number of rotatable bonds is 3. The number of thioether (sulfide) groups is 1. The third-order valence-corrected chi connectivity index (χ3v) is 4.03. The molecule has 0 saturated heterocycles. The van der Waals surface area contributed by atoms with E-state index in [4.69, 9.17) is 0 Å². The lowest BCUT2D eigenvalue weighted by molar-refractivity contribution is -0.140. The van der Waals surface area contributed by atoms with Crippen LogP contribution in [0.3, 0.4) is 0 Å². The second-order valence-corrected chi connectivity index (χ2v) is 5.04. The summed E-state index contributed by atoms with van der Waals surface area (Å²) in [5.74, 6) is -0.614. The first kappa shape index (κ1) is 13.8. The molecule has 0 aliphatic heterocycles. The van der Waals surface area contributed by atoms with Gasteiger partial charge in [0.15, 0.2) is 0 Å². The number of benzene rings is 1. The molecule has 0 radical (unpaired) electrons. The molecule has 0 N–H and O–H groups in total. The topological polar surface area (TPSA) is 0 Å². The summed E-state index contributed by atoms with van der Waals surface area (Å²) in [6.45, 7) is 1.88. The van der Waals surface area contributed by atoms with Gasteiger partial charge < -0.3 is 0 Å². The summed E-state index contributed by atoms with van der Waals surface area (Å²) < 4.78 is 51.2. The normalized spacial score (nSPS) is 11.9. The Morgan fingerprint density at radius 1 is 1.31 bits per heavy atom. The van der Waals surface area contributed by atoms with Crippen LogP contribution in [-0.2, 0) is 6.18 Å². The average Bonchev–Trinajstić information content (AvgIpc) is 2.15. The van der Waals surface area contributed by atoms with Gasteiger partial charge in [0.05, 0.1) is 10.5 Å². The van der Waals surface area contributed by atoms with Crippen LogP contribution in [0.25, 0.3) is 0 Å². The van der Waals surface area contributed by atoms with Crippen LogP contribution in [0.1, 0.15) is 18.9 Å². The van der Waals surface area contributed by atoms with Gasteiger partial charge in [0, 0.05) is 4.47 Å². The third-order valence-electron chi connectivity index (χ3n) is 1.80. The first-order chi connectivity index (χ1) is 7.38. The van der Waals surface area contributed by atoms with Crippen LogP contribution in [-0.4, -0.2) is 5.75 Å². The highest BCUT2D eigenvalue weighted by Gasteiger charge is 2.35. The Kier molecular flexibility index (Phi) is 4.67. The molecule has 0 unspecified atom stereocenters. The maximum Gasteiger partial charge on any atom is 0.419 e. The summed E-state index contributed by atoms with van der Waals surface area (Å²) in [5, 5.41) is 0. The van der Waals surface area contributed by atoms with Crippen LogP contribution < -0.4 is 0 Å². The summed E-state index contributed by atoms with van der Waals surface area (Å²) in [5.41, 5.74) is -1.21. The predicted molar refractivity (Wildman–Crippen MR) is 60.1 cm³/mol. The second kappa shape index (κ2) is 5.40. The van der Waals surface area contributed by atoms with E-state index in [9.17, 15) is 17.6 Å². The maximum absolute atomic E-state index is 13.6. The molecule has 0 atom stereocenters. The minimum Gasteiger partial charge on any atom is -0.205 e. The van der Waals surface area contributed by atoms with Gasteiger partial charge in [-0.15, -0.1) is 11.8 Å². The molecule has 1 aromatic carbocycles. The molecule has 6 heteroatoms. The minimum atomic E-state index is -4.65. The van der Waals surface area contributed by atoms with Crippen molar-refractivity contribution in [2.75, 3.05) is 5.75 Å². The van der Waals surface area contributed by atoms with Crippen molar-refractivity contribution >= 4 is 27.7 Å². The van der Waals surface area contributed by atoms with Crippen molar-refractivity contribution in [3.63, 3.8) is 0 Å². The molecule has 0 saturated carbocycles. The number of hydrogen-bond acceptors (Lipinski definition) is 1. The van der Waals surface area contributed by atoms with Gasteiger partial charge in [-0.1, -0.05) is 6.92 Å².